The Morgan fingerprint density at radius 3 is 2.20 bits per heavy atom. The first-order valence-corrected chi connectivity index (χ1v) is 9.77. The topological polar surface area (TPSA) is 38.8 Å². The van der Waals surface area contributed by atoms with Crippen LogP contribution in [0.3, 0.4) is 0 Å². The Bertz CT molecular complexity index is 794. The number of benzene rings is 1. The molecule has 1 aliphatic rings. The summed E-state index contributed by atoms with van der Waals surface area (Å²) in [6, 6.07) is 15.6. The van der Waals surface area contributed by atoms with E-state index in [4.69, 9.17) is 9.47 Å². The van der Waals surface area contributed by atoms with Crippen molar-refractivity contribution in [3.8, 4) is 11.5 Å². The zero-order valence-corrected chi connectivity index (χ0v) is 15.1. The van der Waals surface area contributed by atoms with Crippen LogP contribution in [0, 0.1) is 0 Å². The molecule has 0 N–H and O–H groups in total. The van der Waals surface area contributed by atoms with Gasteiger partial charge in [-0.1, -0.05) is 24.3 Å². The minimum absolute atomic E-state index is 0.0451. The molecule has 25 heavy (non-hydrogen) atoms. The van der Waals surface area contributed by atoms with Gasteiger partial charge in [-0.15, -0.1) is 22.7 Å². The van der Waals surface area contributed by atoms with Crippen molar-refractivity contribution in [3.05, 3.63) is 69.0 Å². The van der Waals surface area contributed by atoms with Gasteiger partial charge in [-0.2, -0.15) is 0 Å². The average molecular weight is 371 g/mol. The molecule has 1 aliphatic heterocycles. The van der Waals surface area contributed by atoms with E-state index < -0.39 is 6.10 Å². The second-order valence-electron chi connectivity index (χ2n) is 5.72. The summed E-state index contributed by atoms with van der Waals surface area (Å²) in [5.41, 5.74) is 0. The monoisotopic (exact) mass is 371 g/mol. The predicted molar refractivity (Wildman–Crippen MR) is 99.2 cm³/mol. The number of fused-ring (bicyclic) bond motifs is 1. The molecule has 0 saturated heterocycles. The van der Waals surface area contributed by atoms with Crippen molar-refractivity contribution < 1.29 is 14.3 Å². The number of para-hydroxylation sites is 2. The van der Waals surface area contributed by atoms with Gasteiger partial charge in [0.1, 0.15) is 6.61 Å². The Hall–Kier alpha value is -2.31. The van der Waals surface area contributed by atoms with E-state index in [2.05, 4.69) is 0 Å². The molecule has 1 atom stereocenters. The molecule has 1 amide bonds. The predicted octanol–water partition coefficient (Wildman–Crippen LogP) is 4.18. The molecule has 0 saturated carbocycles. The van der Waals surface area contributed by atoms with Crippen molar-refractivity contribution in [2.45, 2.75) is 19.2 Å². The van der Waals surface area contributed by atoms with Crippen LogP contribution in [-0.2, 0) is 17.9 Å². The highest BCUT2D eigenvalue weighted by Crippen LogP contribution is 2.31. The molecule has 0 bridgehead atoms. The van der Waals surface area contributed by atoms with Gasteiger partial charge in [0.2, 0.25) is 6.10 Å². The standard InChI is InChI=1S/C19H17NO3S2/c21-19(18-13-22-16-7-1-2-8-17(16)23-18)20(11-14-5-3-9-24-14)12-15-6-4-10-25-15/h1-10,18H,11-13H2. The lowest BCUT2D eigenvalue weighted by Gasteiger charge is -2.30. The van der Waals surface area contributed by atoms with Gasteiger partial charge < -0.3 is 14.4 Å². The summed E-state index contributed by atoms with van der Waals surface area (Å²) in [6.45, 7) is 1.40. The molecule has 0 fully saturated rings. The average Bonchev–Trinajstić information content (AvgIpc) is 3.34. The minimum atomic E-state index is -0.616. The zero-order valence-electron chi connectivity index (χ0n) is 13.5. The van der Waals surface area contributed by atoms with Crippen LogP contribution in [0.4, 0.5) is 0 Å². The van der Waals surface area contributed by atoms with Crippen LogP contribution in [0.15, 0.2) is 59.3 Å². The summed E-state index contributed by atoms with van der Waals surface area (Å²) >= 11 is 3.31. The number of thiophene rings is 2. The summed E-state index contributed by atoms with van der Waals surface area (Å²) in [5, 5.41) is 4.05. The van der Waals surface area contributed by atoms with Crippen LogP contribution in [-0.4, -0.2) is 23.5 Å². The molecular formula is C19H17NO3S2. The van der Waals surface area contributed by atoms with Crippen LogP contribution in [0.1, 0.15) is 9.75 Å². The molecule has 1 unspecified atom stereocenters. The second kappa shape index (κ2) is 7.29. The van der Waals surface area contributed by atoms with E-state index >= 15 is 0 Å². The maximum atomic E-state index is 13.1. The highest BCUT2D eigenvalue weighted by molar-refractivity contribution is 7.10. The SMILES string of the molecule is O=C(C1COc2ccccc2O1)N(Cc1cccs1)Cc1cccs1. The van der Waals surface area contributed by atoms with Crippen molar-refractivity contribution in [1.29, 1.82) is 0 Å². The Morgan fingerprint density at radius 2 is 1.60 bits per heavy atom. The molecule has 4 rings (SSSR count). The normalized spacial score (nSPS) is 15.8. The highest BCUT2D eigenvalue weighted by atomic mass is 32.1. The number of rotatable bonds is 5. The summed E-state index contributed by atoms with van der Waals surface area (Å²) in [6.07, 6.45) is -0.616. The molecule has 1 aromatic carbocycles. The van der Waals surface area contributed by atoms with E-state index in [0.717, 1.165) is 9.75 Å². The quantitative estimate of drug-likeness (QED) is 0.675. The highest BCUT2D eigenvalue weighted by Gasteiger charge is 2.31. The van der Waals surface area contributed by atoms with E-state index in [9.17, 15) is 4.79 Å². The van der Waals surface area contributed by atoms with Crippen LogP contribution < -0.4 is 9.47 Å². The Kier molecular flexibility index (Phi) is 4.72. The summed E-state index contributed by atoms with van der Waals surface area (Å²) in [7, 11) is 0. The molecule has 3 heterocycles. The lowest BCUT2D eigenvalue weighted by molar-refractivity contribution is -0.142. The van der Waals surface area contributed by atoms with Gasteiger partial charge in [-0.05, 0) is 35.0 Å². The van der Waals surface area contributed by atoms with Crippen molar-refractivity contribution in [1.82, 2.24) is 4.90 Å². The van der Waals surface area contributed by atoms with Crippen LogP contribution in [0.2, 0.25) is 0 Å². The number of carbonyl (C=O) groups excluding carboxylic acids is 1. The summed E-state index contributed by atoms with van der Waals surface area (Å²) in [4.78, 5) is 17.2. The van der Waals surface area contributed by atoms with E-state index in [1.165, 1.54) is 0 Å². The van der Waals surface area contributed by atoms with Gasteiger partial charge in [-0.25, -0.2) is 0 Å². The first kappa shape index (κ1) is 16.2. The molecule has 6 heteroatoms. The van der Waals surface area contributed by atoms with Crippen molar-refractivity contribution in [2.75, 3.05) is 6.61 Å². The fourth-order valence-corrected chi connectivity index (χ4v) is 4.18. The first-order chi connectivity index (χ1) is 12.3. The number of nitrogens with zero attached hydrogens (tertiary/aromatic N) is 1. The number of amides is 1. The molecule has 4 nitrogen and oxygen atoms in total. The van der Waals surface area contributed by atoms with Crippen molar-refractivity contribution in [3.63, 3.8) is 0 Å². The van der Waals surface area contributed by atoms with Gasteiger partial charge in [0.05, 0.1) is 13.1 Å². The van der Waals surface area contributed by atoms with Gasteiger partial charge in [0, 0.05) is 9.75 Å². The molecule has 0 radical (unpaired) electrons. The lowest BCUT2D eigenvalue weighted by atomic mass is 10.2. The van der Waals surface area contributed by atoms with Gasteiger partial charge in [0.15, 0.2) is 11.5 Å². The number of hydrogen-bond donors (Lipinski definition) is 0. The van der Waals surface area contributed by atoms with Gasteiger partial charge in [0.25, 0.3) is 5.91 Å². The molecule has 128 valence electrons. The number of hydrogen-bond acceptors (Lipinski definition) is 5. The Morgan fingerprint density at radius 1 is 0.960 bits per heavy atom. The van der Waals surface area contributed by atoms with E-state index in [0.29, 0.717) is 24.6 Å². The molecule has 0 aliphatic carbocycles. The largest absolute Gasteiger partial charge is 0.485 e. The van der Waals surface area contributed by atoms with E-state index in [1.54, 1.807) is 22.7 Å². The second-order valence-corrected chi connectivity index (χ2v) is 7.78. The fraction of sp³-hybridized carbons (Fsp3) is 0.211. The smallest absolute Gasteiger partial charge is 0.267 e. The van der Waals surface area contributed by atoms with E-state index in [-0.39, 0.29) is 12.5 Å². The van der Waals surface area contributed by atoms with Gasteiger partial charge >= 0.3 is 0 Å². The number of carbonyl (C=O) groups is 1. The van der Waals surface area contributed by atoms with Crippen LogP contribution in [0.25, 0.3) is 0 Å². The van der Waals surface area contributed by atoms with Crippen LogP contribution >= 0.6 is 22.7 Å². The Labute approximate surface area is 154 Å². The molecule has 3 aromatic rings. The van der Waals surface area contributed by atoms with Crippen molar-refractivity contribution >= 4 is 28.6 Å². The Balaban J connectivity index is 1.53. The minimum Gasteiger partial charge on any atom is -0.485 e. The molecular weight excluding hydrogens is 354 g/mol. The third-order valence-corrected chi connectivity index (χ3v) is 5.67. The third-order valence-electron chi connectivity index (χ3n) is 3.95. The maximum absolute atomic E-state index is 13.1. The third kappa shape index (κ3) is 3.70. The van der Waals surface area contributed by atoms with Crippen LogP contribution in [0.5, 0.6) is 11.5 Å². The summed E-state index contributed by atoms with van der Waals surface area (Å²) in [5.74, 6) is 1.27. The lowest BCUT2D eigenvalue weighted by Crippen LogP contribution is -2.45. The number of ether oxygens (including phenoxy) is 2. The van der Waals surface area contributed by atoms with E-state index in [1.807, 2.05) is 64.2 Å². The maximum Gasteiger partial charge on any atom is 0.267 e. The molecule has 0 spiro atoms. The fourth-order valence-electron chi connectivity index (χ4n) is 2.74. The first-order valence-electron chi connectivity index (χ1n) is 8.01. The van der Waals surface area contributed by atoms with Crippen molar-refractivity contribution in [2.24, 2.45) is 0 Å². The van der Waals surface area contributed by atoms with Gasteiger partial charge in [-0.3, -0.25) is 4.79 Å². The zero-order chi connectivity index (χ0) is 17.1. The summed E-state index contributed by atoms with van der Waals surface area (Å²) < 4.78 is 11.6. The molecule has 2 aromatic heterocycles.